The van der Waals surface area contributed by atoms with E-state index in [1.807, 2.05) is 0 Å². The van der Waals surface area contributed by atoms with Crippen LogP contribution >= 0.6 is 11.6 Å². The third kappa shape index (κ3) is 2.54. The van der Waals surface area contributed by atoms with Crippen molar-refractivity contribution in [3.8, 4) is 5.75 Å². The quantitative estimate of drug-likeness (QED) is 0.743. The maximum atomic E-state index is 12.2. The van der Waals surface area contributed by atoms with Crippen LogP contribution in [0, 0.1) is 0 Å². The Morgan fingerprint density at radius 1 is 1.36 bits per heavy atom. The van der Waals surface area contributed by atoms with Gasteiger partial charge in [-0.3, -0.25) is 0 Å². The fourth-order valence-corrected chi connectivity index (χ4v) is 1.18. The van der Waals surface area contributed by atoms with Crippen LogP contribution in [0.25, 0.3) is 0 Å². The molecule has 1 aromatic carbocycles. The van der Waals surface area contributed by atoms with Crippen LogP contribution in [0.2, 0.25) is 5.02 Å². The van der Waals surface area contributed by atoms with Crippen molar-refractivity contribution in [2.24, 2.45) is 0 Å². The molecule has 1 nitrogen and oxygen atoms in total. The Morgan fingerprint density at radius 3 is 2.43 bits per heavy atom. The summed E-state index contributed by atoms with van der Waals surface area (Å²) in [7, 11) is 0. The molecule has 0 aromatic heterocycles. The van der Waals surface area contributed by atoms with Gasteiger partial charge in [0.2, 0.25) is 0 Å². The van der Waals surface area contributed by atoms with Gasteiger partial charge in [0.15, 0.2) is 0 Å². The molecule has 0 aliphatic heterocycles. The van der Waals surface area contributed by atoms with Crippen LogP contribution in [-0.2, 0) is 6.18 Å². The second-order valence-corrected chi connectivity index (χ2v) is 2.98. The zero-order chi connectivity index (χ0) is 10.8. The molecule has 0 bridgehead atoms. The first-order valence-electron chi connectivity index (χ1n) is 3.94. The normalized spacial score (nSPS) is 11.5. The molecule has 0 saturated carbocycles. The molecule has 0 amide bonds. The van der Waals surface area contributed by atoms with Crippen molar-refractivity contribution in [1.29, 1.82) is 0 Å². The lowest BCUT2D eigenvalue weighted by Crippen LogP contribution is -2.05. The van der Waals surface area contributed by atoms with Crippen LogP contribution in [0.5, 0.6) is 5.75 Å². The average Bonchev–Trinajstić information content (AvgIpc) is 2.07. The van der Waals surface area contributed by atoms with Crippen molar-refractivity contribution in [2.75, 3.05) is 6.61 Å². The summed E-state index contributed by atoms with van der Waals surface area (Å²) in [5.74, 6) is 0.266. The summed E-state index contributed by atoms with van der Waals surface area (Å²) in [6.07, 6.45) is -4.37. The van der Waals surface area contributed by atoms with Gasteiger partial charge in [-0.25, -0.2) is 0 Å². The molecule has 78 valence electrons. The van der Waals surface area contributed by atoms with E-state index in [9.17, 15) is 13.2 Å². The van der Waals surface area contributed by atoms with Crippen molar-refractivity contribution in [3.63, 3.8) is 0 Å². The Morgan fingerprint density at radius 2 is 2.00 bits per heavy atom. The van der Waals surface area contributed by atoms with Gasteiger partial charge in [-0.2, -0.15) is 13.2 Å². The zero-order valence-corrected chi connectivity index (χ0v) is 8.12. The smallest absolute Gasteiger partial charge is 0.416 e. The van der Waals surface area contributed by atoms with Crippen LogP contribution in [0.4, 0.5) is 13.2 Å². The lowest BCUT2D eigenvalue weighted by atomic mass is 10.2. The Labute approximate surface area is 84.4 Å². The van der Waals surface area contributed by atoms with E-state index in [4.69, 9.17) is 16.3 Å². The molecule has 0 radical (unpaired) electrons. The fourth-order valence-electron chi connectivity index (χ4n) is 0.950. The number of ether oxygens (including phenoxy) is 1. The first-order chi connectivity index (χ1) is 6.45. The molecule has 0 atom stereocenters. The maximum absolute atomic E-state index is 12.2. The SMILES string of the molecule is CCOc1ccc(C(F)(F)F)cc1Cl. The summed E-state index contributed by atoms with van der Waals surface area (Å²) in [6, 6.07) is 3.01. The first-order valence-corrected chi connectivity index (χ1v) is 4.32. The highest BCUT2D eigenvalue weighted by molar-refractivity contribution is 6.32. The molecule has 1 aromatic rings. The lowest BCUT2D eigenvalue weighted by molar-refractivity contribution is -0.137. The van der Waals surface area contributed by atoms with Gasteiger partial charge in [-0.1, -0.05) is 11.6 Å². The molecule has 0 fully saturated rings. The molecule has 0 heterocycles. The van der Waals surface area contributed by atoms with Crippen molar-refractivity contribution in [2.45, 2.75) is 13.1 Å². The maximum Gasteiger partial charge on any atom is 0.416 e. The van der Waals surface area contributed by atoms with Gasteiger partial charge in [-0.15, -0.1) is 0 Å². The van der Waals surface area contributed by atoms with Crippen LogP contribution in [0.15, 0.2) is 18.2 Å². The van der Waals surface area contributed by atoms with Crippen LogP contribution in [0.3, 0.4) is 0 Å². The summed E-state index contributed by atoms with van der Waals surface area (Å²) in [5, 5.41) is -0.0262. The van der Waals surface area contributed by atoms with E-state index in [1.165, 1.54) is 6.07 Å². The van der Waals surface area contributed by atoms with Crippen LogP contribution < -0.4 is 4.74 Å². The highest BCUT2D eigenvalue weighted by Gasteiger charge is 2.30. The monoisotopic (exact) mass is 224 g/mol. The summed E-state index contributed by atoms with van der Waals surface area (Å²) in [5.41, 5.74) is -0.772. The largest absolute Gasteiger partial charge is 0.492 e. The van der Waals surface area contributed by atoms with Gasteiger partial charge < -0.3 is 4.74 Å². The second-order valence-electron chi connectivity index (χ2n) is 2.58. The molecular formula is C9H8ClF3O. The first kappa shape index (κ1) is 11.2. The van der Waals surface area contributed by atoms with Crippen LogP contribution in [-0.4, -0.2) is 6.61 Å². The minimum absolute atomic E-state index is 0.0262. The molecule has 0 saturated heterocycles. The molecule has 0 N–H and O–H groups in total. The highest BCUT2D eigenvalue weighted by Crippen LogP contribution is 2.34. The zero-order valence-electron chi connectivity index (χ0n) is 7.36. The number of halogens is 4. The van der Waals surface area contributed by atoms with E-state index >= 15 is 0 Å². The highest BCUT2D eigenvalue weighted by atomic mass is 35.5. The molecular weight excluding hydrogens is 217 g/mol. The van der Waals surface area contributed by atoms with E-state index in [0.717, 1.165) is 12.1 Å². The molecule has 0 aliphatic carbocycles. The Hall–Kier alpha value is -0.900. The summed E-state index contributed by atoms with van der Waals surface area (Å²) in [4.78, 5) is 0. The molecule has 0 unspecified atom stereocenters. The van der Waals surface area contributed by atoms with Gasteiger partial charge in [0, 0.05) is 0 Å². The molecule has 5 heteroatoms. The van der Waals surface area contributed by atoms with Crippen molar-refractivity contribution in [3.05, 3.63) is 28.8 Å². The number of hydrogen-bond acceptors (Lipinski definition) is 1. The number of benzene rings is 1. The summed E-state index contributed by atoms with van der Waals surface area (Å²) in [6.45, 7) is 2.10. The second kappa shape index (κ2) is 4.09. The van der Waals surface area contributed by atoms with Crippen molar-refractivity contribution >= 4 is 11.6 Å². The average molecular weight is 225 g/mol. The third-order valence-electron chi connectivity index (χ3n) is 1.56. The summed E-state index contributed by atoms with van der Waals surface area (Å²) >= 11 is 5.59. The predicted molar refractivity (Wildman–Crippen MR) is 47.6 cm³/mol. The number of alkyl halides is 3. The fraction of sp³-hybridized carbons (Fsp3) is 0.333. The molecule has 0 aliphatic rings. The summed E-state index contributed by atoms with van der Waals surface area (Å²) < 4.78 is 41.6. The Bertz CT molecular complexity index is 322. The van der Waals surface area contributed by atoms with Gasteiger partial charge >= 0.3 is 6.18 Å². The Balaban J connectivity index is 3.01. The Kier molecular flexibility index (Phi) is 3.26. The van der Waals surface area contributed by atoms with Crippen LogP contribution in [0.1, 0.15) is 12.5 Å². The van der Waals surface area contributed by atoms with Crippen molar-refractivity contribution < 1.29 is 17.9 Å². The lowest BCUT2D eigenvalue weighted by Gasteiger charge is -2.09. The standard InChI is InChI=1S/C9H8ClF3O/c1-2-14-8-4-3-6(5-7(8)10)9(11,12)13/h3-5H,2H2,1H3. The van der Waals surface area contributed by atoms with Crippen molar-refractivity contribution in [1.82, 2.24) is 0 Å². The van der Waals surface area contributed by atoms with E-state index in [0.29, 0.717) is 6.61 Å². The minimum atomic E-state index is -4.37. The molecule has 0 spiro atoms. The number of hydrogen-bond donors (Lipinski definition) is 0. The van der Waals surface area contributed by atoms with E-state index in [-0.39, 0.29) is 10.8 Å². The predicted octanol–water partition coefficient (Wildman–Crippen LogP) is 3.76. The van der Waals surface area contributed by atoms with Gasteiger partial charge in [-0.05, 0) is 25.1 Å². The van der Waals surface area contributed by atoms with Gasteiger partial charge in [0.05, 0.1) is 17.2 Å². The van der Waals surface area contributed by atoms with Gasteiger partial charge in [0.1, 0.15) is 5.75 Å². The molecule has 1 rings (SSSR count). The van der Waals surface area contributed by atoms with E-state index < -0.39 is 11.7 Å². The third-order valence-corrected chi connectivity index (χ3v) is 1.85. The molecule has 14 heavy (non-hydrogen) atoms. The minimum Gasteiger partial charge on any atom is -0.492 e. The topological polar surface area (TPSA) is 9.23 Å². The van der Waals surface area contributed by atoms with E-state index in [2.05, 4.69) is 0 Å². The number of rotatable bonds is 2. The van der Waals surface area contributed by atoms with E-state index in [1.54, 1.807) is 6.92 Å². The van der Waals surface area contributed by atoms with Gasteiger partial charge in [0.25, 0.3) is 0 Å².